The number of hydrogen-bond donors (Lipinski definition) is 0. The van der Waals surface area contributed by atoms with Gasteiger partial charge in [-0.2, -0.15) is 0 Å². The second kappa shape index (κ2) is 10.5. The van der Waals surface area contributed by atoms with Gasteiger partial charge in [0.25, 0.3) is 0 Å². The number of fused-ring (bicyclic) bond motifs is 7. The van der Waals surface area contributed by atoms with Crippen LogP contribution < -0.4 is 0 Å². The molecule has 0 N–H and O–H groups in total. The summed E-state index contributed by atoms with van der Waals surface area (Å²) in [6.07, 6.45) is 0.967. The van der Waals surface area contributed by atoms with Crippen LogP contribution in [0.2, 0.25) is 0 Å². The molecule has 1 aliphatic carbocycles. The Morgan fingerprint density at radius 1 is 0.373 bits per heavy atom. The predicted octanol–water partition coefficient (Wildman–Crippen LogP) is 14.4. The molecule has 0 aromatic heterocycles. The van der Waals surface area contributed by atoms with E-state index in [-0.39, 0.29) is 10.8 Å². The van der Waals surface area contributed by atoms with Crippen LogP contribution in [-0.4, -0.2) is 0 Å². The molecule has 0 fully saturated rings. The first-order valence-corrected chi connectivity index (χ1v) is 18.5. The third kappa shape index (κ3) is 4.45. The molecular weight excluding hydrogens is 613 g/mol. The van der Waals surface area contributed by atoms with Crippen molar-refractivity contribution in [3.63, 3.8) is 0 Å². The molecule has 9 aromatic carbocycles. The summed E-state index contributed by atoms with van der Waals surface area (Å²) < 4.78 is 0. The van der Waals surface area contributed by atoms with E-state index in [1.54, 1.807) is 0 Å². The van der Waals surface area contributed by atoms with E-state index < -0.39 is 0 Å². The van der Waals surface area contributed by atoms with Crippen LogP contribution in [0.15, 0.2) is 133 Å². The van der Waals surface area contributed by atoms with Gasteiger partial charge in [0.05, 0.1) is 0 Å². The molecular formula is C51H42. The molecule has 0 nitrogen and oxygen atoms in total. The fraction of sp³-hybridized carbons (Fsp3) is 0.176. The summed E-state index contributed by atoms with van der Waals surface area (Å²) in [6.45, 7) is 14.1. The maximum absolute atomic E-state index is 2.55. The minimum Gasteiger partial charge on any atom is -0.0622 e. The first kappa shape index (κ1) is 30.4. The highest BCUT2D eigenvalue weighted by Gasteiger charge is 2.28. The SMILES string of the molecule is CC(C)(C)c1cc2ccc3cc(C(C)(C)C)cc4c5c(-c6ccccc6)c6cc7c(cc6c(-c6ccccc6)c5c(c1)c2c34)Cc1ccccc1-7. The van der Waals surface area contributed by atoms with Crippen molar-refractivity contribution in [1.29, 1.82) is 0 Å². The van der Waals surface area contributed by atoms with E-state index >= 15 is 0 Å². The number of hydrogen-bond acceptors (Lipinski definition) is 0. The molecule has 10 rings (SSSR count). The van der Waals surface area contributed by atoms with Crippen LogP contribution in [0.4, 0.5) is 0 Å². The lowest BCUT2D eigenvalue weighted by molar-refractivity contribution is 0.591. The van der Waals surface area contributed by atoms with Crippen molar-refractivity contribution < 1.29 is 0 Å². The predicted molar refractivity (Wildman–Crippen MR) is 222 cm³/mol. The molecule has 51 heavy (non-hydrogen) atoms. The lowest BCUT2D eigenvalue weighted by atomic mass is 9.76. The van der Waals surface area contributed by atoms with Crippen LogP contribution in [0, 0.1) is 0 Å². The van der Waals surface area contributed by atoms with Gasteiger partial charge in [-0.15, -0.1) is 0 Å². The van der Waals surface area contributed by atoms with Crippen molar-refractivity contribution in [2.75, 3.05) is 0 Å². The molecule has 0 bridgehead atoms. The zero-order valence-corrected chi connectivity index (χ0v) is 30.4. The standard InChI is InChI=1S/C51H42/c1-50(2,3)36-24-33-21-22-34-25-37(51(4,5)6)28-43-47(34)46(33)42(27-36)48-44(30-15-9-7-10-16-30)40-26-35-23-32-19-13-14-20-38(32)39(35)29-41(40)45(49(43)48)31-17-11-8-12-18-31/h7-22,24-29H,23H2,1-6H3. The Labute approximate surface area is 300 Å². The van der Waals surface area contributed by atoms with Crippen molar-refractivity contribution in [3.8, 4) is 33.4 Å². The van der Waals surface area contributed by atoms with Crippen molar-refractivity contribution in [2.24, 2.45) is 0 Å². The minimum atomic E-state index is -0.00721. The summed E-state index contributed by atoms with van der Waals surface area (Å²) in [5.41, 5.74) is 13.5. The first-order chi connectivity index (χ1) is 24.6. The minimum absolute atomic E-state index is 0.00516. The Hall–Kier alpha value is -5.46. The lowest BCUT2D eigenvalue weighted by Gasteiger charge is -2.27. The van der Waals surface area contributed by atoms with Crippen LogP contribution in [0.1, 0.15) is 63.8 Å². The molecule has 9 aromatic rings. The fourth-order valence-electron chi connectivity index (χ4n) is 9.05. The van der Waals surface area contributed by atoms with Gasteiger partial charge in [-0.05, 0) is 151 Å². The van der Waals surface area contributed by atoms with Gasteiger partial charge < -0.3 is 0 Å². The first-order valence-electron chi connectivity index (χ1n) is 18.5. The van der Waals surface area contributed by atoms with Crippen molar-refractivity contribution in [3.05, 3.63) is 156 Å². The smallest absolute Gasteiger partial charge is 0.000730 e. The van der Waals surface area contributed by atoms with E-state index in [9.17, 15) is 0 Å². The van der Waals surface area contributed by atoms with Gasteiger partial charge >= 0.3 is 0 Å². The Morgan fingerprint density at radius 2 is 0.843 bits per heavy atom. The van der Waals surface area contributed by atoms with E-state index in [1.165, 1.54) is 109 Å². The van der Waals surface area contributed by atoms with Crippen molar-refractivity contribution >= 4 is 53.9 Å². The third-order valence-corrected chi connectivity index (χ3v) is 11.6. The molecule has 0 heteroatoms. The van der Waals surface area contributed by atoms with Gasteiger partial charge in [-0.3, -0.25) is 0 Å². The maximum Gasteiger partial charge on any atom is -0.000730 e. The van der Waals surface area contributed by atoms with E-state index in [2.05, 4.69) is 175 Å². The largest absolute Gasteiger partial charge is 0.0622 e. The Bertz CT molecular complexity index is 2860. The van der Waals surface area contributed by atoms with Crippen LogP contribution >= 0.6 is 0 Å². The van der Waals surface area contributed by atoms with Crippen LogP contribution in [0.5, 0.6) is 0 Å². The maximum atomic E-state index is 2.55. The summed E-state index contributed by atoms with van der Waals surface area (Å²) in [4.78, 5) is 0. The van der Waals surface area contributed by atoms with E-state index in [0.29, 0.717) is 0 Å². The molecule has 0 heterocycles. The second-order valence-electron chi connectivity index (χ2n) is 16.9. The molecule has 0 saturated heterocycles. The molecule has 0 atom stereocenters. The molecule has 246 valence electrons. The van der Waals surface area contributed by atoms with Gasteiger partial charge in [0.15, 0.2) is 0 Å². The Morgan fingerprint density at radius 3 is 1.35 bits per heavy atom. The van der Waals surface area contributed by atoms with E-state index in [1.807, 2.05) is 0 Å². The molecule has 0 aliphatic heterocycles. The van der Waals surface area contributed by atoms with Gasteiger partial charge in [0.2, 0.25) is 0 Å². The number of rotatable bonds is 2. The van der Waals surface area contributed by atoms with Crippen LogP contribution in [0.25, 0.3) is 87.2 Å². The molecule has 0 amide bonds. The molecule has 0 radical (unpaired) electrons. The highest BCUT2D eigenvalue weighted by molar-refractivity contribution is 6.41. The summed E-state index contributed by atoms with van der Waals surface area (Å²) in [5.74, 6) is 0. The van der Waals surface area contributed by atoms with Crippen LogP contribution in [-0.2, 0) is 17.3 Å². The van der Waals surface area contributed by atoms with Gasteiger partial charge in [-0.1, -0.05) is 151 Å². The number of benzene rings is 9. The average molecular weight is 655 g/mol. The Kier molecular flexibility index (Phi) is 6.27. The molecule has 0 saturated carbocycles. The third-order valence-electron chi connectivity index (χ3n) is 11.6. The monoisotopic (exact) mass is 654 g/mol. The summed E-state index contributed by atoms with van der Waals surface area (Å²) in [7, 11) is 0. The Balaban J connectivity index is 1.57. The highest BCUT2D eigenvalue weighted by Crippen LogP contribution is 2.54. The summed E-state index contributed by atoms with van der Waals surface area (Å²) in [6, 6.07) is 51.2. The quantitative estimate of drug-likeness (QED) is 0.129. The van der Waals surface area contributed by atoms with Crippen LogP contribution in [0.3, 0.4) is 0 Å². The summed E-state index contributed by atoms with van der Waals surface area (Å²) >= 11 is 0. The topological polar surface area (TPSA) is 0 Å². The van der Waals surface area contributed by atoms with Crippen molar-refractivity contribution in [1.82, 2.24) is 0 Å². The molecule has 1 aliphatic rings. The highest BCUT2D eigenvalue weighted by atomic mass is 14.3. The normalized spacial score (nSPS) is 13.2. The molecule has 0 spiro atoms. The lowest BCUT2D eigenvalue weighted by Crippen LogP contribution is -2.12. The van der Waals surface area contributed by atoms with Gasteiger partial charge in [0.1, 0.15) is 0 Å². The van der Waals surface area contributed by atoms with E-state index in [4.69, 9.17) is 0 Å². The fourth-order valence-corrected chi connectivity index (χ4v) is 9.05. The summed E-state index contributed by atoms with van der Waals surface area (Å²) in [5, 5.41) is 13.5. The van der Waals surface area contributed by atoms with Gasteiger partial charge in [-0.25, -0.2) is 0 Å². The van der Waals surface area contributed by atoms with E-state index in [0.717, 1.165) is 6.42 Å². The second-order valence-corrected chi connectivity index (χ2v) is 16.9. The van der Waals surface area contributed by atoms with Gasteiger partial charge in [0, 0.05) is 0 Å². The zero-order chi connectivity index (χ0) is 34.8. The molecule has 0 unspecified atom stereocenters. The van der Waals surface area contributed by atoms with Crippen molar-refractivity contribution in [2.45, 2.75) is 58.8 Å². The zero-order valence-electron chi connectivity index (χ0n) is 30.4. The average Bonchev–Trinajstić information content (AvgIpc) is 3.49.